The molecule has 108 valence electrons. The first-order chi connectivity index (χ1) is 9.43. The van der Waals surface area contributed by atoms with Crippen molar-refractivity contribution in [3.8, 4) is 0 Å². The summed E-state index contributed by atoms with van der Waals surface area (Å²) in [6.45, 7) is 3.90. The zero-order valence-electron chi connectivity index (χ0n) is 11.4. The SMILES string of the molecule is CCCC1NC(=O)CN(c2cc(Cl)c(C)cc2Br)C1=O. The molecule has 1 aromatic rings. The van der Waals surface area contributed by atoms with Crippen LogP contribution in [-0.2, 0) is 9.59 Å². The number of hydrogen-bond donors (Lipinski definition) is 1. The van der Waals surface area contributed by atoms with E-state index in [1.807, 2.05) is 19.9 Å². The summed E-state index contributed by atoms with van der Waals surface area (Å²) < 4.78 is 0.762. The maximum atomic E-state index is 12.5. The van der Waals surface area contributed by atoms with Crippen LogP contribution in [0.5, 0.6) is 0 Å². The first-order valence-electron chi connectivity index (χ1n) is 6.50. The molecule has 1 aliphatic heterocycles. The van der Waals surface area contributed by atoms with Crippen molar-refractivity contribution in [3.63, 3.8) is 0 Å². The fraction of sp³-hybridized carbons (Fsp3) is 0.429. The molecule has 0 aromatic heterocycles. The summed E-state index contributed by atoms with van der Waals surface area (Å²) in [4.78, 5) is 25.7. The maximum absolute atomic E-state index is 12.5. The first kappa shape index (κ1) is 15.3. The van der Waals surface area contributed by atoms with Crippen molar-refractivity contribution in [1.82, 2.24) is 5.32 Å². The zero-order chi connectivity index (χ0) is 14.9. The van der Waals surface area contributed by atoms with Gasteiger partial charge in [-0.1, -0.05) is 24.9 Å². The minimum Gasteiger partial charge on any atom is -0.343 e. The Balaban J connectivity index is 2.37. The van der Waals surface area contributed by atoms with E-state index in [1.165, 1.54) is 4.90 Å². The molecule has 1 aromatic carbocycles. The van der Waals surface area contributed by atoms with E-state index in [0.29, 0.717) is 17.1 Å². The third-order valence-corrected chi connectivity index (χ3v) is 4.34. The Morgan fingerprint density at radius 2 is 2.15 bits per heavy atom. The average Bonchev–Trinajstić information content (AvgIpc) is 2.38. The van der Waals surface area contributed by atoms with Crippen molar-refractivity contribution in [2.45, 2.75) is 32.7 Å². The van der Waals surface area contributed by atoms with Crippen LogP contribution in [0.2, 0.25) is 5.02 Å². The van der Waals surface area contributed by atoms with Gasteiger partial charge < -0.3 is 10.2 Å². The van der Waals surface area contributed by atoms with Gasteiger partial charge in [-0.3, -0.25) is 9.59 Å². The molecule has 1 N–H and O–H groups in total. The fourth-order valence-electron chi connectivity index (χ4n) is 2.24. The number of carbonyl (C=O) groups excluding carboxylic acids is 2. The number of benzene rings is 1. The predicted octanol–water partition coefficient (Wildman–Crippen LogP) is 3.04. The van der Waals surface area contributed by atoms with Gasteiger partial charge in [0.25, 0.3) is 0 Å². The lowest BCUT2D eigenvalue weighted by Crippen LogP contribution is -2.58. The second-order valence-electron chi connectivity index (χ2n) is 4.89. The molecular formula is C14H16BrClN2O2. The van der Waals surface area contributed by atoms with Gasteiger partial charge in [-0.2, -0.15) is 0 Å². The van der Waals surface area contributed by atoms with Gasteiger partial charge in [-0.25, -0.2) is 0 Å². The number of anilines is 1. The van der Waals surface area contributed by atoms with Crippen molar-refractivity contribution in [1.29, 1.82) is 0 Å². The molecule has 1 fully saturated rings. The summed E-state index contributed by atoms with van der Waals surface area (Å²) in [5.41, 5.74) is 1.56. The highest BCUT2D eigenvalue weighted by atomic mass is 79.9. The van der Waals surface area contributed by atoms with Gasteiger partial charge in [0, 0.05) is 9.50 Å². The van der Waals surface area contributed by atoms with Crippen molar-refractivity contribution >= 4 is 45.0 Å². The lowest BCUT2D eigenvalue weighted by molar-refractivity contribution is -0.131. The molecule has 2 rings (SSSR count). The van der Waals surface area contributed by atoms with Gasteiger partial charge in [-0.05, 0) is 47.0 Å². The largest absolute Gasteiger partial charge is 0.343 e. The quantitative estimate of drug-likeness (QED) is 0.902. The van der Waals surface area contributed by atoms with Crippen molar-refractivity contribution in [3.05, 3.63) is 27.2 Å². The Bertz CT molecular complexity index is 562. The molecule has 6 heteroatoms. The number of nitrogens with zero attached hydrogens (tertiary/aromatic N) is 1. The molecule has 0 aliphatic carbocycles. The Labute approximate surface area is 131 Å². The van der Waals surface area contributed by atoms with Crippen LogP contribution in [0.15, 0.2) is 16.6 Å². The lowest BCUT2D eigenvalue weighted by atomic mass is 10.1. The number of amides is 2. The van der Waals surface area contributed by atoms with E-state index >= 15 is 0 Å². The monoisotopic (exact) mass is 358 g/mol. The standard InChI is InChI=1S/C14H16BrClN2O2/c1-3-4-11-14(20)18(7-13(19)17-11)12-6-10(16)8(2)5-9(12)15/h5-6,11H,3-4,7H2,1-2H3,(H,17,19). The second-order valence-corrected chi connectivity index (χ2v) is 6.15. The summed E-state index contributed by atoms with van der Waals surface area (Å²) in [7, 11) is 0. The summed E-state index contributed by atoms with van der Waals surface area (Å²) in [5.74, 6) is -0.237. The third kappa shape index (κ3) is 2.99. The molecule has 0 bridgehead atoms. The third-order valence-electron chi connectivity index (χ3n) is 3.30. The molecule has 0 saturated carbocycles. The number of rotatable bonds is 3. The second kappa shape index (κ2) is 6.14. The van der Waals surface area contributed by atoms with Gasteiger partial charge in [0.15, 0.2) is 0 Å². The topological polar surface area (TPSA) is 49.4 Å². The molecule has 2 amide bonds. The lowest BCUT2D eigenvalue weighted by Gasteiger charge is -2.33. The molecule has 1 atom stereocenters. The smallest absolute Gasteiger partial charge is 0.250 e. The molecule has 1 aliphatic rings. The number of piperazine rings is 1. The van der Waals surface area contributed by atoms with Gasteiger partial charge in [0.05, 0.1) is 5.69 Å². The Morgan fingerprint density at radius 3 is 2.80 bits per heavy atom. The van der Waals surface area contributed by atoms with Gasteiger partial charge in [0.1, 0.15) is 12.6 Å². The number of halogens is 2. The van der Waals surface area contributed by atoms with Crippen LogP contribution in [0, 0.1) is 6.92 Å². The van der Waals surface area contributed by atoms with Gasteiger partial charge >= 0.3 is 0 Å². The molecule has 4 nitrogen and oxygen atoms in total. The van der Waals surface area contributed by atoms with Crippen molar-refractivity contribution < 1.29 is 9.59 Å². The van der Waals surface area contributed by atoms with E-state index in [1.54, 1.807) is 6.07 Å². The summed E-state index contributed by atoms with van der Waals surface area (Å²) in [6, 6.07) is 3.13. The van der Waals surface area contributed by atoms with Crippen LogP contribution >= 0.6 is 27.5 Å². The minimum absolute atomic E-state index is 0.0248. The molecule has 0 spiro atoms. The Morgan fingerprint density at radius 1 is 1.45 bits per heavy atom. The van der Waals surface area contributed by atoms with E-state index in [4.69, 9.17) is 11.6 Å². The van der Waals surface area contributed by atoms with E-state index in [-0.39, 0.29) is 18.4 Å². The molecule has 1 saturated heterocycles. The molecule has 1 unspecified atom stereocenters. The van der Waals surface area contributed by atoms with Crippen LogP contribution in [0.3, 0.4) is 0 Å². The first-order valence-corrected chi connectivity index (χ1v) is 7.67. The predicted molar refractivity (Wildman–Crippen MR) is 83.1 cm³/mol. The van der Waals surface area contributed by atoms with Crippen LogP contribution < -0.4 is 10.2 Å². The Kier molecular flexibility index (Phi) is 4.70. The number of carbonyl (C=O) groups is 2. The Hall–Kier alpha value is -1.07. The van der Waals surface area contributed by atoms with Gasteiger partial charge in [-0.15, -0.1) is 0 Å². The maximum Gasteiger partial charge on any atom is 0.250 e. The van der Waals surface area contributed by atoms with E-state index in [2.05, 4.69) is 21.2 Å². The normalized spacial score (nSPS) is 19.2. The molecule has 0 radical (unpaired) electrons. The highest BCUT2D eigenvalue weighted by Crippen LogP contribution is 2.33. The summed E-state index contributed by atoms with van der Waals surface area (Å²) in [5, 5.41) is 3.31. The average molecular weight is 360 g/mol. The number of hydrogen-bond acceptors (Lipinski definition) is 2. The van der Waals surface area contributed by atoms with Crippen LogP contribution in [0.4, 0.5) is 5.69 Å². The summed E-state index contributed by atoms with van der Waals surface area (Å²) in [6.07, 6.45) is 1.47. The van der Waals surface area contributed by atoms with Crippen molar-refractivity contribution in [2.24, 2.45) is 0 Å². The van der Waals surface area contributed by atoms with Crippen LogP contribution in [-0.4, -0.2) is 24.4 Å². The van der Waals surface area contributed by atoms with E-state index in [9.17, 15) is 9.59 Å². The van der Waals surface area contributed by atoms with Gasteiger partial charge in [0.2, 0.25) is 11.8 Å². The highest BCUT2D eigenvalue weighted by Gasteiger charge is 2.33. The molecule has 1 heterocycles. The number of nitrogens with one attached hydrogen (secondary N) is 1. The van der Waals surface area contributed by atoms with E-state index in [0.717, 1.165) is 16.5 Å². The minimum atomic E-state index is -0.451. The van der Waals surface area contributed by atoms with Crippen molar-refractivity contribution in [2.75, 3.05) is 11.4 Å². The molecule has 20 heavy (non-hydrogen) atoms. The van der Waals surface area contributed by atoms with Crippen LogP contribution in [0.1, 0.15) is 25.3 Å². The zero-order valence-corrected chi connectivity index (χ0v) is 13.7. The fourth-order valence-corrected chi connectivity index (χ4v) is 3.07. The molecular weight excluding hydrogens is 344 g/mol. The summed E-state index contributed by atoms with van der Waals surface area (Å²) >= 11 is 9.57. The number of aryl methyl sites for hydroxylation is 1. The highest BCUT2D eigenvalue weighted by molar-refractivity contribution is 9.10. The van der Waals surface area contributed by atoms with Crippen LogP contribution in [0.25, 0.3) is 0 Å². The van der Waals surface area contributed by atoms with E-state index < -0.39 is 6.04 Å².